The molecule has 1 aromatic heterocycles. The first-order valence-corrected chi connectivity index (χ1v) is 12.1. The minimum Gasteiger partial charge on any atom is -0.475 e. The molecule has 2 aromatic carbocycles. The molecule has 1 heterocycles. The molecule has 0 aliphatic rings. The van der Waals surface area contributed by atoms with Crippen molar-refractivity contribution in [3.8, 4) is 0 Å². The summed E-state index contributed by atoms with van der Waals surface area (Å²) in [5, 5.41) is 38.9. The van der Waals surface area contributed by atoms with Crippen molar-refractivity contribution < 1.29 is 32.7 Å². The number of anilines is 2. The standard InChI is InChI=1S/C23H28N10O2.C2HF3O2/c24-22(25)28-11-9-14-1-5-16(6-2-14)30-20(34)18-13-19(33-32-18)21(35)31-17-7-3-15(4-8-17)10-12-29-23(26)27;3-2(4,5)1(6)7/h1-8,13H,9-12H2,(H,30,34)(H,31,35)(H,32,33)(H4,24,25,28)(H4,26,27,29);(H,6,7). The summed E-state index contributed by atoms with van der Waals surface area (Å²) in [6, 6.07) is 15.9. The van der Waals surface area contributed by atoms with Gasteiger partial charge in [0.05, 0.1) is 0 Å². The number of guanidine groups is 2. The first kappa shape index (κ1) is 32.6. The number of alkyl halides is 3. The van der Waals surface area contributed by atoms with E-state index >= 15 is 0 Å². The number of nitrogens with one attached hydrogen (secondary N) is 7. The zero-order valence-corrected chi connectivity index (χ0v) is 21.9. The smallest absolute Gasteiger partial charge is 0.475 e. The van der Waals surface area contributed by atoms with Crippen LogP contribution in [-0.4, -0.2) is 64.3 Å². The van der Waals surface area contributed by atoms with Gasteiger partial charge in [0.25, 0.3) is 11.8 Å². The monoisotopic (exact) mass is 590 g/mol. The molecule has 14 nitrogen and oxygen atoms in total. The Morgan fingerprint density at radius 1 is 0.810 bits per heavy atom. The molecule has 0 aliphatic heterocycles. The van der Waals surface area contributed by atoms with Gasteiger partial charge < -0.3 is 37.8 Å². The zero-order valence-electron chi connectivity index (χ0n) is 21.9. The van der Waals surface area contributed by atoms with Crippen LogP contribution in [0.15, 0.2) is 54.6 Å². The highest BCUT2D eigenvalue weighted by Gasteiger charge is 2.38. The molecule has 0 unspecified atom stereocenters. The molecular formula is C25H29F3N10O4. The molecule has 0 saturated carbocycles. The van der Waals surface area contributed by atoms with E-state index in [9.17, 15) is 22.8 Å². The van der Waals surface area contributed by atoms with Gasteiger partial charge in [-0.25, -0.2) is 4.79 Å². The number of benzene rings is 2. The van der Waals surface area contributed by atoms with Gasteiger partial charge >= 0.3 is 12.1 Å². The maximum absolute atomic E-state index is 12.5. The SMILES string of the molecule is N=C(N)NCCc1ccc(NC(=O)c2cc(C(=O)Nc3ccc(CCNC(=N)N)cc3)[nH]n2)cc1.O=C(O)C(F)(F)F. The number of aromatic amines is 1. The summed E-state index contributed by atoms with van der Waals surface area (Å²) >= 11 is 0. The topological polar surface area (TPSA) is 248 Å². The van der Waals surface area contributed by atoms with Crippen molar-refractivity contribution in [3.05, 3.63) is 77.1 Å². The largest absolute Gasteiger partial charge is 0.490 e. The third-order valence-corrected chi connectivity index (χ3v) is 5.18. The van der Waals surface area contributed by atoms with Gasteiger partial charge in [0.2, 0.25) is 0 Å². The highest BCUT2D eigenvalue weighted by atomic mass is 19.4. The number of amides is 2. The van der Waals surface area contributed by atoms with Crippen LogP contribution in [0.3, 0.4) is 0 Å². The van der Waals surface area contributed by atoms with E-state index in [2.05, 4.69) is 31.5 Å². The molecular weight excluding hydrogens is 561 g/mol. The van der Waals surface area contributed by atoms with Gasteiger partial charge in [-0.2, -0.15) is 18.3 Å². The van der Waals surface area contributed by atoms with Crippen molar-refractivity contribution in [2.24, 2.45) is 11.5 Å². The van der Waals surface area contributed by atoms with Gasteiger partial charge in [-0.3, -0.25) is 25.5 Å². The number of aliphatic carboxylic acids is 1. The van der Waals surface area contributed by atoms with E-state index in [1.54, 1.807) is 24.3 Å². The molecule has 0 bridgehead atoms. The Labute approximate surface area is 237 Å². The van der Waals surface area contributed by atoms with Crippen LogP contribution in [0.25, 0.3) is 0 Å². The molecule has 0 fully saturated rings. The number of nitrogens with two attached hydrogens (primary N) is 2. The summed E-state index contributed by atoms with van der Waals surface area (Å²) in [5.41, 5.74) is 14.0. The fraction of sp³-hybridized carbons (Fsp3) is 0.200. The van der Waals surface area contributed by atoms with Gasteiger partial charge in [0.1, 0.15) is 5.69 Å². The summed E-state index contributed by atoms with van der Waals surface area (Å²) in [4.78, 5) is 33.9. The molecule has 0 atom stereocenters. The number of carbonyl (C=O) groups excluding carboxylic acids is 2. The van der Waals surface area contributed by atoms with E-state index in [4.69, 9.17) is 32.2 Å². The number of hydrogen-bond donors (Lipinski definition) is 10. The molecule has 42 heavy (non-hydrogen) atoms. The summed E-state index contributed by atoms with van der Waals surface area (Å²) in [6.45, 7) is 1.09. The Balaban J connectivity index is 0.000000782. The summed E-state index contributed by atoms with van der Waals surface area (Å²) in [5.74, 6) is -3.78. The predicted octanol–water partition coefficient (Wildman–Crippen LogP) is 1.60. The number of nitrogens with zero attached hydrogens (tertiary/aromatic N) is 1. The van der Waals surface area contributed by atoms with Crippen molar-refractivity contribution in [1.29, 1.82) is 10.8 Å². The van der Waals surface area contributed by atoms with E-state index in [0.29, 0.717) is 37.3 Å². The average molecular weight is 591 g/mol. The third kappa shape index (κ3) is 11.6. The number of H-pyrrole nitrogens is 1. The van der Waals surface area contributed by atoms with E-state index in [-0.39, 0.29) is 23.3 Å². The quantitative estimate of drug-likeness (QED) is 0.121. The Kier molecular flexibility index (Phi) is 11.8. The van der Waals surface area contributed by atoms with Gasteiger partial charge in [-0.15, -0.1) is 0 Å². The van der Waals surface area contributed by atoms with Crippen molar-refractivity contribution >= 4 is 41.1 Å². The molecule has 3 aromatic rings. The minimum absolute atomic E-state index is 0.0744. The van der Waals surface area contributed by atoms with Crippen LogP contribution in [-0.2, 0) is 17.6 Å². The van der Waals surface area contributed by atoms with Gasteiger partial charge in [-0.1, -0.05) is 24.3 Å². The third-order valence-electron chi connectivity index (χ3n) is 5.18. The Morgan fingerprint density at radius 2 is 1.21 bits per heavy atom. The van der Waals surface area contributed by atoms with Crippen molar-refractivity contribution in [3.63, 3.8) is 0 Å². The fourth-order valence-electron chi connectivity index (χ4n) is 3.14. The Morgan fingerprint density at radius 3 is 1.60 bits per heavy atom. The minimum atomic E-state index is -5.08. The number of carboxylic acids is 1. The molecule has 12 N–H and O–H groups in total. The molecule has 2 amide bonds. The number of halogens is 3. The van der Waals surface area contributed by atoms with Crippen molar-refractivity contribution in [2.45, 2.75) is 19.0 Å². The molecule has 0 spiro atoms. The first-order chi connectivity index (χ1) is 19.7. The van der Waals surface area contributed by atoms with Crippen molar-refractivity contribution in [2.75, 3.05) is 23.7 Å². The summed E-state index contributed by atoms with van der Waals surface area (Å²) < 4.78 is 31.7. The van der Waals surface area contributed by atoms with Crippen LogP contribution in [0.1, 0.15) is 32.1 Å². The maximum Gasteiger partial charge on any atom is 0.490 e. The average Bonchev–Trinajstić information content (AvgIpc) is 3.41. The fourth-order valence-corrected chi connectivity index (χ4v) is 3.14. The lowest BCUT2D eigenvalue weighted by Gasteiger charge is -2.07. The Bertz CT molecular complexity index is 1300. The summed E-state index contributed by atoms with van der Waals surface area (Å²) in [6.07, 6.45) is -3.71. The molecule has 0 radical (unpaired) electrons. The van der Waals surface area contributed by atoms with Crippen molar-refractivity contribution in [1.82, 2.24) is 20.8 Å². The zero-order chi connectivity index (χ0) is 31.3. The van der Waals surface area contributed by atoms with Crippen LogP contribution in [0.5, 0.6) is 0 Å². The Hall–Kier alpha value is -5.61. The molecule has 3 rings (SSSR count). The molecule has 0 saturated heterocycles. The van der Waals surface area contributed by atoms with E-state index < -0.39 is 24.0 Å². The van der Waals surface area contributed by atoms with E-state index in [1.165, 1.54) is 6.07 Å². The molecule has 0 aliphatic carbocycles. The number of carbonyl (C=O) groups is 3. The lowest BCUT2D eigenvalue weighted by Crippen LogP contribution is -2.31. The molecule has 17 heteroatoms. The van der Waals surface area contributed by atoms with Gasteiger partial charge in [-0.05, 0) is 48.2 Å². The highest BCUT2D eigenvalue weighted by Crippen LogP contribution is 2.14. The van der Waals surface area contributed by atoms with Crippen LogP contribution in [0.4, 0.5) is 24.5 Å². The normalized spacial score (nSPS) is 10.5. The van der Waals surface area contributed by atoms with Gasteiger partial charge in [0, 0.05) is 30.5 Å². The second-order valence-electron chi connectivity index (χ2n) is 8.45. The lowest BCUT2D eigenvalue weighted by atomic mass is 10.1. The lowest BCUT2D eigenvalue weighted by molar-refractivity contribution is -0.192. The van der Waals surface area contributed by atoms with Crippen LogP contribution in [0.2, 0.25) is 0 Å². The van der Waals surface area contributed by atoms with Crippen LogP contribution < -0.4 is 32.7 Å². The van der Waals surface area contributed by atoms with E-state index in [0.717, 1.165) is 11.1 Å². The number of hydrogen-bond acceptors (Lipinski definition) is 6. The van der Waals surface area contributed by atoms with Gasteiger partial charge in [0.15, 0.2) is 17.6 Å². The first-order valence-electron chi connectivity index (χ1n) is 12.1. The second-order valence-corrected chi connectivity index (χ2v) is 8.45. The van der Waals surface area contributed by atoms with E-state index in [1.807, 2.05) is 24.3 Å². The molecule has 224 valence electrons. The summed E-state index contributed by atoms with van der Waals surface area (Å²) in [7, 11) is 0. The maximum atomic E-state index is 12.5. The van der Waals surface area contributed by atoms with Crippen LogP contribution in [0, 0.1) is 10.8 Å². The highest BCUT2D eigenvalue weighted by molar-refractivity contribution is 6.07. The number of aromatic nitrogens is 2. The van der Waals surface area contributed by atoms with Crippen LogP contribution >= 0.6 is 0 Å². The number of rotatable bonds is 10. The predicted molar refractivity (Wildman–Crippen MR) is 148 cm³/mol. The number of carboxylic acid groups (broad SMARTS) is 1. The second kappa shape index (κ2) is 15.2.